The van der Waals surface area contributed by atoms with E-state index in [-0.39, 0.29) is 18.0 Å². The van der Waals surface area contributed by atoms with Gasteiger partial charge in [-0.25, -0.2) is 4.98 Å². The lowest BCUT2D eigenvalue weighted by atomic mass is 10.1. The molecule has 0 N–H and O–H groups in total. The molecule has 3 aromatic rings. The van der Waals surface area contributed by atoms with Gasteiger partial charge in [-0.15, -0.1) is 0 Å². The van der Waals surface area contributed by atoms with Crippen molar-refractivity contribution in [2.45, 2.75) is 25.9 Å². The van der Waals surface area contributed by atoms with Crippen molar-refractivity contribution in [2.75, 3.05) is 25.0 Å². The molecule has 1 amide bonds. The Morgan fingerprint density at radius 2 is 1.96 bits per heavy atom. The number of carbonyl (C=O) groups is 1. The average molecular weight is 380 g/mol. The molecule has 146 valence electrons. The summed E-state index contributed by atoms with van der Waals surface area (Å²) in [5.74, 6) is -0.136. The molecule has 1 fully saturated rings. The van der Waals surface area contributed by atoms with Crippen LogP contribution in [0.2, 0.25) is 0 Å². The number of rotatable bonds is 5. The van der Waals surface area contributed by atoms with Crippen LogP contribution in [0.1, 0.15) is 18.4 Å². The molecule has 1 aliphatic heterocycles. The van der Waals surface area contributed by atoms with E-state index in [1.807, 2.05) is 12.1 Å². The summed E-state index contributed by atoms with van der Waals surface area (Å²) in [6.07, 6.45) is 5.31. The third-order valence-corrected chi connectivity index (χ3v) is 5.30. The van der Waals surface area contributed by atoms with E-state index in [9.17, 15) is 9.59 Å². The Bertz CT molecular complexity index is 1060. The monoisotopic (exact) mass is 380 g/mol. The van der Waals surface area contributed by atoms with Crippen LogP contribution in [0.25, 0.3) is 11.0 Å². The number of benzene rings is 1. The summed E-state index contributed by atoms with van der Waals surface area (Å²) < 4.78 is 2.89. The Morgan fingerprint density at radius 1 is 1.21 bits per heavy atom. The van der Waals surface area contributed by atoms with E-state index in [1.54, 1.807) is 23.7 Å². The average Bonchev–Trinajstić information content (AvgIpc) is 3.35. The number of aromatic nitrogens is 4. The lowest BCUT2D eigenvalue weighted by Gasteiger charge is -2.24. The molecule has 0 radical (unpaired) electrons. The standard InChI is InChI=1S/C20H24N6O2/c1-23(12-15-7-3-4-8-17(15)25-9-5-6-10-25)18(27)13-26-14-21-19-16(20(26)28)11-22-24(19)2/h3-4,7-8,11,14H,5-6,9-10,12-13H2,1-2H3. The number of fused-ring (bicyclic) bond motifs is 1. The van der Waals surface area contributed by atoms with Crippen LogP contribution >= 0.6 is 0 Å². The quantitative estimate of drug-likeness (QED) is 0.669. The molecule has 4 rings (SSSR count). The minimum absolute atomic E-state index is 0.0426. The fourth-order valence-electron chi connectivity index (χ4n) is 3.70. The van der Waals surface area contributed by atoms with Gasteiger partial charge in [-0.05, 0) is 24.5 Å². The number of anilines is 1. The van der Waals surface area contributed by atoms with Gasteiger partial charge < -0.3 is 9.80 Å². The van der Waals surface area contributed by atoms with Crippen molar-refractivity contribution in [3.63, 3.8) is 0 Å². The molecule has 28 heavy (non-hydrogen) atoms. The van der Waals surface area contributed by atoms with E-state index in [4.69, 9.17) is 0 Å². The Balaban J connectivity index is 1.50. The first-order valence-corrected chi connectivity index (χ1v) is 9.48. The van der Waals surface area contributed by atoms with Crippen molar-refractivity contribution in [2.24, 2.45) is 7.05 Å². The van der Waals surface area contributed by atoms with Gasteiger partial charge >= 0.3 is 0 Å². The summed E-state index contributed by atoms with van der Waals surface area (Å²) in [4.78, 5) is 33.6. The van der Waals surface area contributed by atoms with Crippen LogP contribution < -0.4 is 10.5 Å². The zero-order chi connectivity index (χ0) is 19.7. The number of hydrogen-bond acceptors (Lipinski definition) is 5. The van der Waals surface area contributed by atoms with E-state index < -0.39 is 0 Å². The number of nitrogens with zero attached hydrogens (tertiary/aromatic N) is 6. The Hall–Kier alpha value is -3.16. The normalized spacial score (nSPS) is 14.0. The highest BCUT2D eigenvalue weighted by atomic mass is 16.2. The summed E-state index contributed by atoms with van der Waals surface area (Å²) in [5.41, 5.74) is 2.57. The third kappa shape index (κ3) is 3.37. The lowest BCUT2D eigenvalue weighted by Crippen LogP contribution is -2.34. The molecule has 1 aliphatic rings. The largest absolute Gasteiger partial charge is 0.371 e. The SMILES string of the molecule is CN(Cc1ccccc1N1CCCC1)C(=O)Cn1cnc2c(cnn2C)c1=O. The summed E-state index contributed by atoms with van der Waals surface area (Å²) in [6.45, 7) is 2.57. The summed E-state index contributed by atoms with van der Waals surface area (Å²) in [7, 11) is 3.50. The van der Waals surface area contributed by atoms with Crippen LogP contribution in [0.15, 0.2) is 41.6 Å². The molecule has 1 aromatic carbocycles. The molecule has 3 heterocycles. The van der Waals surface area contributed by atoms with Gasteiger partial charge in [0.25, 0.3) is 5.56 Å². The molecule has 8 nitrogen and oxygen atoms in total. The van der Waals surface area contributed by atoms with E-state index in [1.165, 1.54) is 35.6 Å². The van der Waals surface area contributed by atoms with Crippen molar-refractivity contribution in [1.82, 2.24) is 24.2 Å². The van der Waals surface area contributed by atoms with Crippen LogP contribution in [0.4, 0.5) is 5.69 Å². The highest BCUT2D eigenvalue weighted by Crippen LogP contribution is 2.25. The first kappa shape index (κ1) is 18.2. The highest BCUT2D eigenvalue weighted by Gasteiger charge is 2.18. The number of para-hydroxylation sites is 1. The van der Waals surface area contributed by atoms with Crippen molar-refractivity contribution in [1.29, 1.82) is 0 Å². The maximum absolute atomic E-state index is 12.7. The summed E-state index contributed by atoms with van der Waals surface area (Å²) in [5, 5.41) is 4.47. The third-order valence-electron chi connectivity index (χ3n) is 5.30. The van der Waals surface area contributed by atoms with E-state index in [2.05, 4.69) is 27.1 Å². The molecule has 0 saturated carbocycles. The maximum atomic E-state index is 12.7. The Morgan fingerprint density at radius 3 is 2.75 bits per heavy atom. The number of likely N-dealkylation sites (N-methyl/N-ethyl adjacent to an activating group) is 1. The van der Waals surface area contributed by atoms with Gasteiger partial charge in [-0.2, -0.15) is 5.10 Å². The Kier molecular flexibility index (Phi) is 4.85. The summed E-state index contributed by atoms with van der Waals surface area (Å²) >= 11 is 0. The predicted octanol–water partition coefficient (Wildman–Crippen LogP) is 1.39. The maximum Gasteiger partial charge on any atom is 0.264 e. The van der Waals surface area contributed by atoms with E-state index in [0.29, 0.717) is 17.6 Å². The van der Waals surface area contributed by atoms with Gasteiger partial charge in [0.15, 0.2) is 5.65 Å². The van der Waals surface area contributed by atoms with Gasteiger partial charge in [0.05, 0.1) is 6.20 Å². The fourth-order valence-corrected chi connectivity index (χ4v) is 3.70. The van der Waals surface area contributed by atoms with Gasteiger partial charge in [-0.1, -0.05) is 18.2 Å². The predicted molar refractivity (Wildman–Crippen MR) is 107 cm³/mol. The van der Waals surface area contributed by atoms with Gasteiger partial charge in [0.2, 0.25) is 5.91 Å². The van der Waals surface area contributed by atoms with Crippen LogP contribution in [0, 0.1) is 0 Å². The minimum Gasteiger partial charge on any atom is -0.371 e. The number of hydrogen-bond donors (Lipinski definition) is 0. The van der Waals surface area contributed by atoms with Gasteiger partial charge in [0, 0.05) is 39.4 Å². The molecule has 1 saturated heterocycles. The zero-order valence-corrected chi connectivity index (χ0v) is 16.2. The van der Waals surface area contributed by atoms with Crippen molar-refractivity contribution < 1.29 is 4.79 Å². The Labute approximate surface area is 163 Å². The lowest BCUT2D eigenvalue weighted by molar-refractivity contribution is -0.131. The smallest absolute Gasteiger partial charge is 0.264 e. The molecule has 0 bridgehead atoms. The van der Waals surface area contributed by atoms with Gasteiger partial charge in [0.1, 0.15) is 18.3 Å². The molecule has 0 aliphatic carbocycles. The molecular weight excluding hydrogens is 356 g/mol. The number of aryl methyl sites for hydroxylation is 1. The van der Waals surface area contributed by atoms with Crippen LogP contribution in [-0.2, 0) is 24.9 Å². The van der Waals surface area contributed by atoms with Crippen molar-refractivity contribution in [3.8, 4) is 0 Å². The molecule has 0 atom stereocenters. The number of amides is 1. The van der Waals surface area contributed by atoms with Crippen LogP contribution in [0.3, 0.4) is 0 Å². The summed E-state index contributed by atoms with van der Waals surface area (Å²) in [6, 6.07) is 8.21. The van der Waals surface area contributed by atoms with Gasteiger partial charge in [-0.3, -0.25) is 18.8 Å². The highest BCUT2D eigenvalue weighted by molar-refractivity contribution is 5.77. The van der Waals surface area contributed by atoms with Crippen molar-refractivity contribution in [3.05, 3.63) is 52.7 Å². The first-order valence-electron chi connectivity index (χ1n) is 9.48. The molecule has 8 heteroatoms. The zero-order valence-electron chi connectivity index (χ0n) is 16.2. The molecule has 0 unspecified atom stereocenters. The second-order valence-electron chi connectivity index (χ2n) is 7.26. The minimum atomic E-state index is -0.252. The number of carbonyl (C=O) groups excluding carboxylic acids is 1. The van der Waals surface area contributed by atoms with Crippen LogP contribution in [0.5, 0.6) is 0 Å². The van der Waals surface area contributed by atoms with E-state index in [0.717, 1.165) is 18.7 Å². The topological polar surface area (TPSA) is 76.3 Å². The first-order chi connectivity index (χ1) is 13.5. The molecule has 2 aromatic heterocycles. The molecule has 0 spiro atoms. The second-order valence-corrected chi connectivity index (χ2v) is 7.26. The van der Waals surface area contributed by atoms with E-state index >= 15 is 0 Å². The fraction of sp³-hybridized carbons (Fsp3) is 0.400. The van der Waals surface area contributed by atoms with Crippen LogP contribution in [-0.4, -0.2) is 50.3 Å². The molecular formula is C20H24N6O2. The second kappa shape index (κ2) is 7.46. The van der Waals surface area contributed by atoms with Crippen molar-refractivity contribution >= 4 is 22.6 Å².